The van der Waals surface area contributed by atoms with Crippen molar-refractivity contribution < 1.29 is 26.7 Å². The molecule has 0 radical (unpaired) electrons. The van der Waals surface area contributed by atoms with Crippen molar-refractivity contribution in [2.75, 3.05) is 0 Å². The van der Waals surface area contributed by atoms with Crippen molar-refractivity contribution in [3.63, 3.8) is 0 Å². The summed E-state index contributed by atoms with van der Waals surface area (Å²) in [5.41, 5.74) is -3.37. The summed E-state index contributed by atoms with van der Waals surface area (Å²) in [4.78, 5) is 0. The van der Waals surface area contributed by atoms with E-state index in [1.807, 2.05) is 0 Å². The van der Waals surface area contributed by atoms with Gasteiger partial charge in [-0.1, -0.05) is 66.7 Å². The number of alkyl halides is 5. The third-order valence-corrected chi connectivity index (χ3v) is 4.84. The average molecular weight is 376 g/mol. The molecule has 0 aromatic heterocycles. The minimum atomic E-state index is -5.78. The van der Waals surface area contributed by atoms with Gasteiger partial charge in [-0.05, 0) is 17.7 Å². The molecule has 1 heterocycles. The van der Waals surface area contributed by atoms with Gasteiger partial charge in [0.05, 0.1) is 0 Å². The van der Waals surface area contributed by atoms with Gasteiger partial charge in [0.1, 0.15) is 16.9 Å². The van der Waals surface area contributed by atoms with Crippen LogP contribution in [0.3, 0.4) is 0 Å². The lowest BCUT2D eigenvalue weighted by molar-refractivity contribution is -0.299. The largest absolute Gasteiger partial charge is 0.457 e. The highest BCUT2D eigenvalue weighted by atomic mass is 19.4. The van der Waals surface area contributed by atoms with Crippen LogP contribution in [0.15, 0.2) is 78.9 Å². The molecule has 0 saturated heterocycles. The van der Waals surface area contributed by atoms with Crippen molar-refractivity contribution in [2.45, 2.75) is 17.5 Å². The van der Waals surface area contributed by atoms with E-state index >= 15 is 8.78 Å². The van der Waals surface area contributed by atoms with Gasteiger partial charge in [0.15, 0.2) is 0 Å². The van der Waals surface area contributed by atoms with Gasteiger partial charge in [-0.2, -0.15) is 22.0 Å². The Morgan fingerprint density at radius 1 is 0.593 bits per heavy atom. The number of fused-ring (bicyclic) bond motifs is 2. The zero-order valence-corrected chi connectivity index (χ0v) is 13.8. The predicted octanol–water partition coefficient (Wildman–Crippen LogP) is 6.32. The predicted molar refractivity (Wildman–Crippen MR) is 90.3 cm³/mol. The zero-order chi connectivity index (χ0) is 19.3. The molecule has 3 aromatic carbocycles. The molecule has 0 atom stereocenters. The second-order valence-electron chi connectivity index (χ2n) is 6.28. The second-order valence-corrected chi connectivity index (χ2v) is 6.28. The van der Waals surface area contributed by atoms with Gasteiger partial charge in [0, 0.05) is 11.1 Å². The van der Waals surface area contributed by atoms with Crippen LogP contribution in [-0.2, 0) is 5.41 Å². The van der Waals surface area contributed by atoms with Gasteiger partial charge in [0.25, 0.3) is 0 Å². The molecule has 6 heteroatoms. The van der Waals surface area contributed by atoms with E-state index in [4.69, 9.17) is 4.74 Å². The van der Waals surface area contributed by atoms with Crippen LogP contribution in [0, 0.1) is 0 Å². The number of rotatable bonds is 2. The number of halogens is 5. The Morgan fingerprint density at radius 2 is 1.04 bits per heavy atom. The quantitative estimate of drug-likeness (QED) is 0.475. The van der Waals surface area contributed by atoms with Crippen LogP contribution in [0.4, 0.5) is 22.0 Å². The number of para-hydroxylation sites is 2. The maximum absolute atomic E-state index is 15.3. The molecule has 3 aromatic rings. The fourth-order valence-corrected chi connectivity index (χ4v) is 3.73. The summed E-state index contributed by atoms with van der Waals surface area (Å²) in [7, 11) is 0. The molecule has 0 aliphatic carbocycles. The fraction of sp³-hybridized carbons (Fsp3) is 0.143. The van der Waals surface area contributed by atoms with Gasteiger partial charge in [-0.15, -0.1) is 0 Å². The first-order valence-electron chi connectivity index (χ1n) is 8.17. The van der Waals surface area contributed by atoms with Crippen LogP contribution < -0.4 is 4.74 Å². The van der Waals surface area contributed by atoms with E-state index in [-0.39, 0.29) is 28.2 Å². The zero-order valence-electron chi connectivity index (χ0n) is 13.8. The number of hydrogen-bond acceptors (Lipinski definition) is 1. The molecule has 1 aliphatic heterocycles. The highest BCUT2D eigenvalue weighted by Crippen LogP contribution is 2.62. The molecule has 0 unspecified atom stereocenters. The third-order valence-electron chi connectivity index (χ3n) is 4.84. The summed E-state index contributed by atoms with van der Waals surface area (Å²) < 4.78 is 77.6. The van der Waals surface area contributed by atoms with Crippen LogP contribution in [0.25, 0.3) is 0 Å². The van der Waals surface area contributed by atoms with Crippen LogP contribution in [0.2, 0.25) is 0 Å². The molecule has 138 valence electrons. The molecule has 0 amide bonds. The Labute approximate surface area is 152 Å². The van der Waals surface area contributed by atoms with Gasteiger partial charge in [-0.3, -0.25) is 0 Å². The Hall–Kier alpha value is -2.89. The summed E-state index contributed by atoms with van der Waals surface area (Å²) in [5.74, 6) is -5.13. The number of hydrogen-bond donors (Lipinski definition) is 0. The van der Waals surface area contributed by atoms with Crippen molar-refractivity contribution in [1.82, 2.24) is 0 Å². The normalized spacial score (nSPS) is 15.4. The topological polar surface area (TPSA) is 9.23 Å². The van der Waals surface area contributed by atoms with E-state index in [1.54, 1.807) is 6.07 Å². The lowest BCUT2D eigenvalue weighted by Gasteiger charge is -2.45. The standard InChI is InChI=1S/C21H13F5O/c22-20(23,21(24,25)26)19(14-8-2-1-3-9-14)15-10-4-6-12-17(15)27-18-13-7-5-11-16(18)19/h1-13H. The first-order chi connectivity index (χ1) is 12.8. The summed E-state index contributed by atoms with van der Waals surface area (Å²) in [6.45, 7) is 0. The van der Waals surface area contributed by atoms with Crippen molar-refractivity contribution in [3.8, 4) is 11.5 Å². The van der Waals surface area contributed by atoms with Gasteiger partial charge in [-0.25, -0.2) is 0 Å². The van der Waals surface area contributed by atoms with Gasteiger partial charge in [0.2, 0.25) is 0 Å². The fourth-order valence-electron chi connectivity index (χ4n) is 3.73. The summed E-state index contributed by atoms with van der Waals surface area (Å²) in [6.07, 6.45) is -5.78. The molecule has 0 spiro atoms. The lowest BCUT2D eigenvalue weighted by atomic mass is 9.63. The molecule has 0 saturated carbocycles. The highest BCUT2D eigenvalue weighted by Gasteiger charge is 2.73. The van der Waals surface area contributed by atoms with Crippen LogP contribution >= 0.6 is 0 Å². The first kappa shape index (κ1) is 17.5. The smallest absolute Gasteiger partial charge is 0.454 e. The molecule has 27 heavy (non-hydrogen) atoms. The molecule has 0 N–H and O–H groups in total. The van der Waals surface area contributed by atoms with Crippen LogP contribution in [-0.4, -0.2) is 12.1 Å². The Bertz CT molecular complexity index is 934. The van der Waals surface area contributed by atoms with E-state index in [0.717, 1.165) is 0 Å². The van der Waals surface area contributed by atoms with Gasteiger partial charge < -0.3 is 4.74 Å². The van der Waals surface area contributed by atoms with E-state index < -0.39 is 17.5 Å². The maximum Gasteiger partial charge on any atom is 0.454 e. The van der Waals surface area contributed by atoms with E-state index in [9.17, 15) is 13.2 Å². The van der Waals surface area contributed by atoms with Crippen molar-refractivity contribution in [1.29, 1.82) is 0 Å². The molecule has 0 bridgehead atoms. The molecule has 1 nitrogen and oxygen atoms in total. The minimum absolute atomic E-state index is 0.0241. The van der Waals surface area contributed by atoms with E-state index in [2.05, 4.69) is 0 Å². The highest BCUT2D eigenvalue weighted by molar-refractivity contribution is 5.65. The Balaban J connectivity index is 2.21. The van der Waals surface area contributed by atoms with Crippen molar-refractivity contribution >= 4 is 0 Å². The Kier molecular flexibility index (Phi) is 3.77. The van der Waals surface area contributed by atoms with E-state index in [0.29, 0.717) is 0 Å². The monoisotopic (exact) mass is 376 g/mol. The first-order valence-corrected chi connectivity index (χ1v) is 8.17. The molecular weight excluding hydrogens is 363 g/mol. The summed E-state index contributed by atoms with van der Waals surface area (Å²) in [6, 6.07) is 18.3. The number of benzene rings is 3. The Morgan fingerprint density at radius 3 is 1.52 bits per heavy atom. The number of ether oxygens (including phenoxy) is 1. The molecular formula is C21H13F5O. The van der Waals surface area contributed by atoms with Gasteiger partial charge >= 0.3 is 12.1 Å². The molecule has 1 aliphatic rings. The molecule has 4 rings (SSSR count). The van der Waals surface area contributed by atoms with Crippen molar-refractivity contribution in [2.24, 2.45) is 0 Å². The second kappa shape index (κ2) is 5.81. The summed E-state index contributed by atoms with van der Waals surface area (Å²) in [5, 5.41) is 0. The lowest BCUT2D eigenvalue weighted by Crippen LogP contribution is -2.57. The third kappa shape index (κ3) is 2.29. The van der Waals surface area contributed by atoms with E-state index in [1.165, 1.54) is 72.8 Å². The van der Waals surface area contributed by atoms with Crippen LogP contribution in [0.5, 0.6) is 11.5 Å². The average Bonchev–Trinajstić information content (AvgIpc) is 2.65. The maximum atomic E-state index is 15.3. The van der Waals surface area contributed by atoms with Crippen LogP contribution in [0.1, 0.15) is 16.7 Å². The minimum Gasteiger partial charge on any atom is -0.457 e. The SMILES string of the molecule is FC(F)(F)C(F)(F)C1(c2ccccc2)c2ccccc2Oc2ccccc21. The van der Waals surface area contributed by atoms with Crippen molar-refractivity contribution in [3.05, 3.63) is 95.6 Å². The molecule has 0 fully saturated rings. The summed E-state index contributed by atoms with van der Waals surface area (Å²) >= 11 is 0.